The summed E-state index contributed by atoms with van der Waals surface area (Å²) in [6.45, 7) is 0.142. The largest absolute Gasteiger partial charge is 0.277 e. The first-order valence-corrected chi connectivity index (χ1v) is 8.81. The zero-order chi connectivity index (χ0) is 16.1. The number of hydrogen-bond donors (Lipinski definition) is 0. The predicted octanol–water partition coefficient (Wildman–Crippen LogP) is 1.52. The summed E-state index contributed by atoms with van der Waals surface area (Å²) in [5.41, 5.74) is 0. The van der Waals surface area contributed by atoms with Crippen LogP contribution in [0.4, 0.5) is 0 Å². The van der Waals surface area contributed by atoms with E-state index < -0.39 is 16.1 Å². The molecule has 3 rings (SSSR count). The van der Waals surface area contributed by atoms with Crippen molar-refractivity contribution in [2.45, 2.75) is 23.8 Å². The van der Waals surface area contributed by atoms with Crippen molar-refractivity contribution in [2.24, 2.45) is 0 Å². The van der Waals surface area contributed by atoms with Crippen LogP contribution in [0.15, 0.2) is 23.1 Å². The molecule has 0 aliphatic carbocycles. The van der Waals surface area contributed by atoms with Crippen molar-refractivity contribution in [1.82, 2.24) is 9.21 Å². The highest BCUT2D eigenvalue weighted by molar-refractivity contribution is 7.89. The van der Waals surface area contributed by atoms with E-state index in [1.807, 2.05) is 0 Å². The maximum atomic E-state index is 12.5. The highest BCUT2D eigenvalue weighted by Gasteiger charge is 2.46. The molecule has 1 aromatic carbocycles. The topological polar surface area (TPSA) is 74.8 Å². The molecule has 6 nitrogen and oxygen atoms in total. The van der Waals surface area contributed by atoms with E-state index in [0.717, 1.165) is 0 Å². The molecular formula is C13H12Cl2N2O4S. The molecule has 0 unspecified atom stereocenters. The molecule has 0 bridgehead atoms. The van der Waals surface area contributed by atoms with Gasteiger partial charge in [-0.3, -0.25) is 14.5 Å². The molecular weight excluding hydrogens is 351 g/mol. The number of halogens is 2. The third kappa shape index (κ3) is 2.42. The molecule has 2 fully saturated rings. The second-order valence-corrected chi connectivity index (χ2v) is 7.87. The molecule has 2 heterocycles. The number of imide groups is 1. The van der Waals surface area contributed by atoms with E-state index >= 15 is 0 Å². The number of carbonyl (C=O) groups is 2. The van der Waals surface area contributed by atoms with E-state index in [0.29, 0.717) is 0 Å². The zero-order valence-corrected chi connectivity index (χ0v) is 13.7. The zero-order valence-electron chi connectivity index (χ0n) is 11.3. The van der Waals surface area contributed by atoms with E-state index in [1.54, 1.807) is 6.07 Å². The van der Waals surface area contributed by atoms with Crippen molar-refractivity contribution in [3.05, 3.63) is 28.2 Å². The number of rotatable bonds is 3. The van der Waals surface area contributed by atoms with E-state index in [4.69, 9.17) is 23.2 Å². The van der Waals surface area contributed by atoms with Crippen molar-refractivity contribution in [2.75, 3.05) is 13.1 Å². The summed E-state index contributed by atoms with van der Waals surface area (Å²) in [5, 5.41) is 0.0913. The summed E-state index contributed by atoms with van der Waals surface area (Å²) >= 11 is 11.9. The van der Waals surface area contributed by atoms with Crippen LogP contribution in [0.25, 0.3) is 0 Å². The Labute approximate surface area is 137 Å². The Bertz CT molecular complexity index is 723. The molecule has 0 aromatic heterocycles. The van der Waals surface area contributed by atoms with Gasteiger partial charge in [0.1, 0.15) is 4.90 Å². The third-order valence-electron chi connectivity index (χ3n) is 3.80. The Balaban J connectivity index is 1.80. The first kappa shape index (κ1) is 15.7. The van der Waals surface area contributed by atoms with Crippen molar-refractivity contribution in [3.63, 3.8) is 0 Å². The van der Waals surface area contributed by atoms with Crippen LogP contribution in [0.3, 0.4) is 0 Å². The highest BCUT2D eigenvalue weighted by atomic mass is 35.5. The number of hydrogen-bond acceptors (Lipinski definition) is 4. The second kappa shape index (κ2) is 5.49. The van der Waals surface area contributed by atoms with Crippen LogP contribution < -0.4 is 0 Å². The van der Waals surface area contributed by atoms with Crippen LogP contribution in [0.1, 0.15) is 12.8 Å². The second-order valence-electron chi connectivity index (χ2n) is 5.18. The maximum Gasteiger partial charge on any atom is 0.246 e. The van der Waals surface area contributed by atoms with Crippen molar-refractivity contribution in [1.29, 1.82) is 0 Å². The smallest absolute Gasteiger partial charge is 0.246 e. The summed E-state index contributed by atoms with van der Waals surface area (Å²) < 4.78 is 26.3. The van der Waals surface area contributed by atoms with Gasteiger partial charge in [0, 0.05) is 25.9 Å². The molecule has 0 radical (unpaired) electrons. The fraction of sp³-hybridized carbons (Fsp3) is 0.385. The van der Waals surface area contributed by atoms with Crippen LogP contribution in [-0.2, 0) is 19.6 Å². The maximum absolute atomic E-state index is 12.5. The van der Waals surface area contributed by atoms with Gasteiger partial charge in [0.15, 0.2) is 0 Å². The molecule has 0 spiro atoms. The summed E-state index contributed by atoms with van der Waals surface area (Å²) in [6, 6.07) is 4.05. The summed E-state index contributed by atoms with van der Waals surface area (Å²) in [4.78, 5) is 24.3. The van der Waals surface area contributed by atoms with E-state index in [-0.39, 0.29) is 52.7 Å². The Morgan fingerprint density at radius 2 is 1.50 bits per heavy atom. The van der Waals surface area contributed by atoms with Gasteiger partial charge >= 0.3 is 0 Å². The summed E-state index contributed by atoms with van der Waals surface area (Å²) in [7, 11) is -3.84. The fourth-order valence-electron chi connectivity index (χ4n) is 2.64. The van der Waals surface area contributed by atoms with Crippen LogP contribution >= 0.6 is 23.2 Å². The van der Waals surface area contributed by atoms with Crippen molar-refractivity contribution >= 4 is 45.0 Å². The van der Waals surface area contributed by atoms with Gasteiger partial charge in [-0.25, -0.2) is 8.42 Å². The Hall–Kier alpha value is -1.15. The Morgan fingerprint density at radius 1 is 1.00 bits per heavy atom. The van der Waals surface area contributed by atoms with Crippen LogP contribution in [0.2, 0.25) is 10.0 Å². The molecule has 0 saturated carbocycles. The molecule has 2 saturated heterocycles. The quantitative estimate of drug-likeness (QED) is 0.763. The van der Waals surface area contributed by atoms with Crippen LogP contribution in [0.5, 0.6) is 0 Å². The molecule has 2 amide bonds. The SMILES string of the molecule is O=C1CCC(=O)N1C1CN(S(=O)(=O)c2c(Cl)cccc2Cl)C1. The van der Waals surface area contributed by atoms with Gasteiger partial charge in [0.05, 0.1) is 16.1 Å². The van der Waals surface area contributed by atoms with E-state index in [2.05, 4.69) is 0 Å². The van der Waals surface area contributed by atoms with Gasteiger partial charge in [-0.05, 0) is 12.1 Å². The molecule has 22 heavy (non-hydrogen) atoms. The first-order chi connectivity index (χ1) is 10.3. The van der Waals surface area contributed by atoms with E-state index in [1.165, 1.54) is 21.3 Å². The number of likely N-dealkylation sites (tertiary alicyclic amines) is 1. The third-order valence-corrected chi connectivity index (χ3v) is 6.59. The predicted molar refractivity (Wildman–Crippen MR) is 80.1 cm³/mol. The van der Waals surface area contributed by atoms with Gasteiger partial charge in [-0.2, -0.15) is 4.31 Å². The number of nitrogens with zero attached hydrogens (tertiary/aromatic N) is 2. The average molecular weight is 363 g/mol. The highest BCUT2D eigenvalue weighted by Crippen LogP contribution is 2.34. The standard InChI is InChI=1S/C13H12Cl2N2O4S/c14-9-2-1-3-10(15)13(9)22(20,21)16-6-8(7-16)17-11(18)4-5-12(17)19/h1-3,8H,4-7H2. The number of carbonyl (C=O) groups excluding carboxylic acids is 2. The van der Waals surface area contributed by atoms with Crippen LogP contribution in [-0.4, -0.2) is 48.6 Å². The lowest BCUT2D eigenvalue weighted by molar-refractivity contribution is -0.143. The summed E-state index contributed by atoms with van der Waals surface area (Å²) in [6.07, 6.45) is 0.386. The van der Waals surface area contributed by atoms with Gasteiger partial charge < -0.3 is 0 Å². The molecule has 0 atom stereocenters. The Morgan fingerprint density at radius 3 is 2.00 bits per heavy atom. The minimum absolute atomic E-state index is 0.0456. The summed E-state index contributed by atoms with van der Waals surface area (Å²) in [5.74, 6) is -0.495. The lowest BCUT2D eigenvalue weighted by atomic mass is 10.1. The van der Waals surface area contributed by atoms with Crippen LogP contribution in [0, 0.1) is 0 Å². The minimum Gasteiger partial charge on any atom is -0.277 e. The number of benzene rings is 1. The molecule has 2 aliphatic rings. The fourth-order valence-corrected chi connectivity index (χ4v) is 5.24. The monoisotopic (exact) mass is 362 g/mol. The van der Waals surface area contributed by atoms with Crippen molar-refractivity contribution in [3.8, 4) is 0 Å². The van der Waals surface area contributed by atoms with Gasteiger partial charge in [0.2, 0.25) is 21.8 Å². The molecule has 2 aliphatic heterocycles. The first-order valence-electron chi connectivity index (χ1n) is 6.61. The van der Waals surface area contributed by atoms with Gasteiger partial charge in [-0.15, -0.1) is 0 Å². The number of sulfonamides is 1. The molecule has 9 heteroatoms. The lowest BCUT2D eigenvalue weighted by Crippen LogP contribution is -2.62. The lowest BCUT2D eigenvalue weighted by Gasteiger charge is -2.42. The normalized spacial score (nSPS) is 20.5. The minimum atomic E-state index is -3.84. The molecule has 1 aromatic rings. The van der Waals surface area contributed by atoms with Gasteiger partial charge in [0.25, 0.3) is 0 Å². The molecule has 0 N–H and O–H groups in total. The average Bonchev–Trinajstić information content (AvgIpc) is 2.68. The number of amides is 2. The molecule has 118 valence electrons. The Kier molecular flexibility index (Phi) is 3.92. The van der Waals surface area contributed by atoms with Crippen molar-refractivity contribution < 1.29 is 18.0 Å². The van der Waals surface area contributed by atoms with E-state index in [9.17, 15) is 18.0 Å². The van der Waals surface area contributed by atoms with Gasteiger partial charge in [-0.1, -0.05) is 29.3 Å².